The van der Waals surface area contributed by atoms with Crippen molar-refractivity contribution in [2.75, 3.05) is 13.2 Å². The van der Waals surface area contributed by atoms with E-state index in [-0.39, 0.29) is 19.2 Å². The van der Waals surface area contributed by atoms with Crippen LogP contribution in [0.15, 0.2) is 12.4 Å². The third kappa shape index (κ3) is 4.35. The van der Waals surface area contributed by atoms with Gasteiger partial charge in [-0.15, -0.1) is 0 Å². The number of halogens is 3. The molecule has 2 N–H and O–H groups in total. The number of nitrogens with one attached hydrogen (secondary N) is 1. The van der Waals surface area contributed by atoms with Crippen LogP contribution in [-0.2, 0) is 12.7 Å². The molecule has 0 spiro atoms. The minimum Gasteiger partial charge on any atom is -0.395 e. The van der Waals surface area contributed by atoms with Crippen LogP contribution in [0.5, 0.6) is 0 Å². The molecule has 1 atom stereocenters. The second-order valence-electron chi connectivity index (χ2n) is 3.78. The minimum atomic E-state index is -4.37. The van der Waals surface area contributed by atoms with Crippen molar-refractivity contribution in [1.82, 2.24) is 15.1 Å². The zero-order valence-corrected chi connectivity index (χ0v) is 9.54. The Balaban J connectivity index is 2.58. The Morgan fingerprint density at radius 3 is 2.71 bits per heavy atom. The van der Waals surface area contributed by atoms with Crippen LogP contribution in [0, 0.1) is 0 Å². The fraction of sp³-hybridized carbons (Fsp3) is 0.700. The first kappa shape index (κ1) is 14.0. The van der Waals surface area contributed by atoms with Crippen molar-refractivity contribution in [3.63, 3.8) is 0 Å². The largest absolute Gasteiger partial charge is 0.419 e. The second kappa shape index (κ2) is 6.02. The minimum absolute atomic E-state index is 0.138. The number of alkyl halides is 3. The molecule has 98 valence electrons. The van der Waals surface area contributed by atoms with Gasteiger partial charge in [0.1, 0.15) is 0 Å². The smallest absolute Gasteiger partial charge is 0.395 e. The van der Waals surface area contributed by atoms with Gasteiger partial charge in [0, 0.05) is 12.2 Å². The van der Waals surface area contributed by atoms with Gasteiger partial charge in [-0.05, 0) is 13.0 Å². The summed E-state index contributed by atoms with van der Waals surface area (Å²) in [6.07, 6.45) is -1.75. The summed E-state index contributed by atoms with van der Waals surface area (Å²) in [6, 6.07) is -0.282. The van der Waals surface area contributed by atoms with E-state index in [0.717, 1.165) is 18.8 Å². The molecule has 7 heteroatoms. The zero-order valence-electron chi connectivity index (χ0n) is 9.54. The highest BCUT2D eigenvalue weighted by molar-refractivity contribution is 5.08. The van der Waals surface area contributed by atoms with Gasteiger partial charge in [0.2, 0.25) is 0 Å². The molecule has 0 aromatic carbocycles. The Bertz CT molecular complexity index is 338. The molecule has 0 saturated carbocycles. The summed E-state index contributed by atoms with van der Waals surface area (Å²) in [5.74, 6) is 0. The third-order valence-corrected chi connectivity index (χ3v) is 2.27. The predicted molar refractivity (Wildman–Crippen MR) is 56.4 cm³/mol. The second-order valence-corrected chi connectivity index (χ2v) is 3.78. The predicted octanol–water partition coefficient (Wildman–Crippen LogP) is 1.26. The van der Waals surface area contributed by atoms with Crippen molar-refractivity contribution in [1.29, 1.82) is 0 Å². The normalized spacial score (nSPS) is 13.9. The molecule has 1 aromatic rings. The molecule has 0 amide bonds. The molecule has 0 fully saturated rings. The van der Waals surface area contributed by atoms with E-state index in [1.807, 2.05) is 6.92 Å². The molecule has 1 rings (SSSR count). The molecule has 0 radical (unpaired) electrons. The van der Waals surface area contributed by atoms with E-state index in [0.29, 0.717) is 6.54 Å². The fourth-order valence-electron chi connectivity index (χ4n) is 1.37. The van der Waals surface area contributed by atoms with Crippen molar-refractivity contribution in [3.8, 4) is 0 Å². The van der Waals surface area contributed by atoms with Crippen molar-refractivity contribution in [3.05, 3.63) is 18.0 Å². The van der Waals surface area contributed by atoms with E-state index in [4.69, 9.17) is 5.11 Å². The highest BCUT2D eigenvalue weighted by Gasteiger charge is 2.32. The van der Waals surface area contributed by atoms with Crippen LogP contribution in [0.1, 0.15) is 18.9 Å². The Hall–Kier alpha value is -1.08. The van der Waals surface area contributed by atoms with Gasteiger partial charge in [0.15, 0.2) is 0 Å². The van der Waals surface area contributed by atoms with E-state index >= 15 is 0 Å². The topological polar surface area (TPSA) is 50.1 Å². The van der Waals surface area contributed by atoms with Crippen LogP contribution in [-0.4, -0.2) is 34.1 Å². The highest BCUT2D eigenvalue weighted by atomic mass is 19.4. The van der Waals surface area contributed by atoms with E-state index in [2.05, 4.69) is 10.4 Å². The molecular weight excluding hydrogens is 235 g/mol. The van der Waals surface area contributed by atoms with Gasteiger partial charge < -0.3 is 10.4 Å². The number of rotatable bonds is 6. The van der Waals surface area contributed by atoms with Crippen LogP contribution in [0.2, 0.25) is 0 Å². The molecular formula is C10H16F3N3O. The van der Waals surface area contributed by atoms with E-state index < -0.39 is 11.7 Å². The van der Waals surface area contributed by atoms with Crippen molar-refractivity contribution in [2.45, 2.75) is 32.1 Å². The lowest BCUT2D eigenvalue weighted by molar-refractivity contribution is -0.137. The molecule has 1 aromatic heterocycles. The van der Waals surface area contributed by atoms with Gasteiger partial charge in [-0.2, -0.15) is 18.3 Å². The first-order valence-electron chi connectivity index (χ1n) is 5.41. The lowest BCUT2D eigenvalue weighted by Crippen LogP contribution is -2.37. The Labute approximate surface area is 97.4 Å². The molecule has 0 aliphatic carbocycles. The highest BCUT2D eigenvalue weighted by Crippen LogP contribution is 2.28. The molecule has 1 unspecified atom stereocenters. The first-order chi connectivity index (χ1) is 7.97. The molecule has 1 heterocycles. The van der Waals surface area contributed by atoms with E-state index in [1.54, 1.807) is 0 Å². The maximum atomic E-state index is 12.3. The molecule has 4 nitrogen and oxygen atoms in total. The molecule has 0 saturated heterocycles. The number of nitrogens with zero attached hydrogens (tertiary/aromatic N) is 2. The van der Waals surface area contributed by atoms with E-state index in [9.17, 15) is 13.2 Å². The van der Waals surface area contributed by atoms with Crippen LogP contribution < -0.4 is 5.32 Å². The van der Waals surface area contributed by atoms with Gasteiger partial charge in [-0.1, -0.05) is 6.92 Å². The summed E-state index contributed by atoms with van der Waals surface area (Å²) in [4.78, 5) is 0. The maximum absolute atomic E-state index is 12.3. The summed E-state index contributed by atoms with van der Waals surface area (Å²) >= 11 is 0. The van der Waals surface area contributed by atoms with Crippen molar-refractivity contribution < 1.29 is 18.3 Å². The lowest BCUT2D eigenvalue weighted by Gasteiger charge is -2.15. The Morgan fingerprint density at radius 2 is 2.24 bits per heavy atom. The maximum Gasteiger partial charge on any atom is 0.419 e. The first-order valence-corrected chi connectivity index (χ1v) is 5.41. The number of aliphatic hydroxyl groups is 1. The SMILES string of the molecule is CCCNC(CO)Cn1cc(C(F)(F)F)cn1. The zero-order chi connectivity index (χ0) is 12.9. The number of hydrogen-bond donors (Lipinski definition) is 2. The summed E-state index contributed by atoms with van der Waals surface area (Å²) < 4.78 is 38.1. The van der Waals surface area contributed by atoms with Crippen LogP contribution >= 0.6 is 0 Å². The average Bonchev–Trinajstić information content (AvgIpc) is 2.72. The van der Waals surface area contributed by atoms with Gasteiger partial charge in [-0.25, -0.2) is 0 Å². The van der Waals surface area contributed by atoms with Gasteiger partial charge >= 0.3 is 6.18 Å². The summed E-state index contributed by atoms with van der Waals surface area (Å²) in [6.45, 7) is 2.75. The monoisotopic (exact) mass is 251 g/mol. The van der Waals surface area contributed by atoms with Crippen LogP contribution in [0.3, 0.4) is 0 Å². The van der Waals surface area contributed by atoms with E-state index in [1.165, 1.54) is 4.68 Å². The third-order valence-electron chi connectivity index (χ3n) is 2.27. The number of aromatic nitrogens is 2. The quantitative estimate of drug-likeness (QED) is 0.800. The summed E-state index contributed by atoms with van der Waals surface area (Å²) in [5.41, 5.74) is -0.773. The number of hydrogen-bond acceptors (Lipinski definition) is 3. The Kier molecular flexibility index (Phi) is 4.95. The lowest BCUT2D eigenvalue weighted by atomic mass is 10.3. The molecule has 0 aliphatic heterocycles. The fourth-order valence-corrected chi connectivity index (χ4v) is 1.37. The van der Waals surface area contributed by atoms with Gasteiger partial charge in [-0.3, -0.25) is 4.68 Å². The molecule has 0 bridgehead atoms. The number of aliphatic hydroxyl groups excluding tert-OH is 1. The average molecular weight is 251 g/mol. The van der Waals surface area contributed by atoms with Crippen molar-refractivity contribution in [2.24, 2.45) is 0 Å². The molecule has 17 heavy (non-hydrogen) atoms. The van der Waals surface area contributed by atoms with Crippen LogP contribution in [0.25, 0.3) is 0 Å². The standard InChI is InChI=1S/C10H16F3N3O/c1-2-3-14-9(7-17)6-16-5-8(4-15-16)10(11,12)13/h4-5,9,14,17H,2-3,6-7H2,1H3. The van der Waals surface area contributed by atoms with Gasteiger partial charge in [0.25, 0.3) is 0 Å². The van der Waals surface area contributed by atoms with Gasteiger partial charge in [0.05, 0.1) is 24.9 Å². The van der Waals surface area contributed by atoms with Crippen molar-refractivity contribution >= 4 is 0 Å². The van der Waals surface area contributed by atoms with Crippen LogP contribution in [0.4, 0.5) is 13.2 Å². The Morgan fingerprint density at radius 1 is 1.53 bits per heavy atom. The summed E-state index contributed by atoms with van der Waals surface area (Å²) in [5, 5.41) is 15.7. The molecule has 0 aliphatic rings. The summed E-state index contributed by atoms with van der Waals surface area (Å²) in [7, 11) is 0.